The van der Waals surface area contributed by atoms with Gasteiger partial charge in [0.05, 0.1) is 16.6 Å². The first-order chi connectivity index (χ1) is 16.9. The minimum Gasteiger partial charge on any atom is -0.372 e. The summed E-state index contributed by atoms with van der Waals surface area (Å²) < 4.78 is 1.75. The molecule has 5 rings (SSSR count). The van der Waals surface area contributed by atoms with Crippen molar-refractivity contribution in [2.45, 2.75) is 45.4 Å². The number of pyridine rings is 1. The van der Waals surface area contributed by atoms with Crippen LogP contribution in [0.25, 0.3) is 28.7 Å². The van der Waals surface area contributed by atoms with Gasteiger partial charge in [0.15, 0.2) is 0 Å². The molecule has 178 valence electrons. The maximum absolute atomic E-state index is 14.0. The van der Waals surface area contributed by atoms with Crippen LogP contribution in [0.1, 0.15) is 57.0 Å². The molecule has 0 saturated carbocycles. The third-order valence-corrected chi connectivity index (χ3v) is 6.70. The second-order valence-corrected chi connectivity index (χ2v) is 10.3. The fraction of sp³-hybridized carbons (Fsp3) is 0.300. The Hall–Kier alpha value is -3.73. The number of nitrogens with zero attached hydrogens (tertiary/aromatic N) is 4. The Morgan fingerprint density at radius 3 is 2.37 bits per heavy atom. The maximum atomic E-state index is 14.0. The Kier molecular flexibility index (Phi) is 6.25. The van der Waals surface area contributed by atoms with E-state index in [1.807, 2.05) is 48.6 Å². The van der Waals surface area contributed by atoms with Crippen molar-refractivity contribution >= 4 is 28.7 Å². The normalized spacial score (nSPS) is 14.7. The third-order valence-electron chi connectivity index (χ3n) is 6.70. The number of fused-ring (bicyclic) bond motifs is 1. The van der Waals surface area contributed by atoms with E-state index < -0.39 is 0 Å². The van der Waals surface area contributed by atoms with Gasteiger partial charge >= 0.3 is 0 Å². The number of benzene rings is 2. The zero-order valence-corrected chi connectivity index (χ0v) is 20.7. The average Bonchev–Trinajstić information content (AvgIpc) is 2.88. The van der Waals surface area contributed by atoms with Crippen LogP contribution in [0.3, 0.4) is 0 Å². The highest BCUT2D eigenvalue weighted by atomic mass is 16.1. The summed E-state index contributed by atoms with van der Waals surface area (Å²) >= 11 is 0. The molecule has 2 aromatic heterocycles. The summed E-state index contributed by atoms with van der Waals surface area (Å²) in [7, 11) is 0. The molecule has 0 bridgehead atoms. The van der Waals surface area contributed by atoms with Gasteiger partial charge in [0.1, 0.15) is 5.82 Å². The molecular formula is C30H32N4O. The number of anilines is 1. The minimum atomic E-state index is -0.0469. The number of hydrogen-bond donors (Lipinski definition) is 0. The zero-order chi connectivity index (χ0) is 24.4. The minimum absolute atomic E-state index is 0.0294. The van der Waals surface area contributed by atoms with Gasteiger partial charge in [-0.1, -0.05) is 39.0 Å². The van der Waals surface area contributed by atoms with E-state index in [1.54, 1.807) is 17.0 Å². The van der Waals surface area contributed by atoms with Crippen LogP contribution in [-0.4, -0.2) is 27.6 Å². The molecule has 0 amide bonds. The molecule has 2 aromatic carbocycles. The Morgan fingerprint density at radius 2 is 1.63 bits per heavy atom. The van der Waals surface area contributed by atoms with E-state index in [9.17, 15) is 4.79 Å². The smallest absolute Gasteiger partial charge is 0.266 e. The predicted molar refractivity (Wildman–Crippen MR) is 145 cm³/mol. The van der Waals surface area contributed by atoms with Gasteiger partial charge in [-0.25, -0.2) is 4.98 Å². The molecule has 0 N–H and O–H groups in total. The molecule has 3 heterocycles. The highest BCUT2D eigenvalue weighted by Crippen LogP contribution is 2.26. The summed E-state index contributed by atoms with van der Waals surface area (Å²) in [6, 6.07) is 18.2. The summed E-state index contributed by atoms with van der Waals surface area (Å²) in [6.45, 7) is 8.62. The van der Waals surface area contributed by atoms with Crippen molar-refractivity contribution in [3.8, 4) is 5.69 Å². The number of piperidine rings is 1. The first-order valence-corrected chi connectivity index (χ1v) is 12.4. The molecule has 0 aliphatic carbocycles. The lowest BCUT2D eigenvalue weighted by atomic mass is 9.87. The predicted octanol–water partition coefficient (Wildman–Crippen LogP) is 6.24. The van der Waals surface area contributed by atoms with Crippen molar-refractivity contribution in [1.82, 2.24) is 14.5 Å². The molecule has 0 unspecified atom stereocenters. The topological polar surface area (TPSA) is 51.0 Å². The summed E-state index contributed by atoms with van der Waals surface area (Å²) in [6.07, 6.45) is 11.1. The summed E-state index contributed by atoms with van der Waals surface area (Å²) in [5, 5.41) is 0.648. The Bertz CT molecular complexity index is 1420. The van der Waals surface area contributed by atoms with Crippen molar-refractivity contribution in [3.05, 3.63) is 94.3 Å². The van der Waals surface area contributed by atoms with Gasteiger partial charge in [-0.2, -0.15) is 0 Å². The molecule has 35 heavy (non-hydrogen) atoms. The molecule has 4 aromatic rings. The quantitative estimate of drug-likeness (QED) is 0.359. The lowest BCUT2D eigenvalue weighted by Crippen LogP contribution is -2.29. The molecule has 0 atom stereocenters. The van der Waals surface area contributed by atoms with Crippen LogP contribution in [0, 0.1) is 0 Å². The van der Waals surface area contributed by atoms with Crippen molar-refractivity contribution in [2.24, 2.45) is 0 Å². The fourth-order valence-electron chi connectivity index (χ4n) is 4.66. The van der Waals surface area contributed by atoms with E-state index in [0.717, 1.165) is 30.0 Å². The van der Waals surface area contributed by atoms with Crippen molar-refractivity contribution < 1.29 is 0 Å². The molecule has 0 spiro atoms. The highest BCUT2D eigenvalue weighted by molar-refractivity contribution is 5.83. The molecule has 5 heteroatoms. The van der Waals surface area contributed by atoms with Gasteiger partial charge in [0.25, 0.3) is 5.56 Å². The molecule has 1 aliphatic rings. The molecule has 5 nitrogen and oxygen atoms in total. The van der Waals surface area contributed by atoms with Crippen molar-refractivity contribution in [3.63, 3.8) is 0 Å². The number of rotatable bonds is 4. The molecule has 1 fully saturated rings. The van der Waals surface area contributed by atoms with Crippen molar-refractivity contribution in [2.75, 3.05) is 18.0 Å². The number of hydrogen-bond acceptors (Lipinski definition) is 4. The van der Waals surface area contributed by atoms with E-state index in [2.05, 4.69) is 48.9 Å². The van der Waals surface area contributed by atoms with Crippen LogP contribution in [0.5, 0.6) is 0 Å². The van der Waals surface area contributed by atoms with Crippen LogP contribution in [0.4, 0.5) is 5.69 Å². The lowest BCUT2D eigenvalue weighted by Gasteiger charge is -2.29. The molecular weight excluding hydrogens is 432 g/mol. The Balaban J connectivity index is 1.70. The molecule has 1 saturated heterocycles. The van der Waals surface area contributed by atoms with Gasteiger partial charge in [-0.15, -0.1) is 0 Å². The van der Waals surface area contributed by atoms with Gasteiger partial charge in [0, 0.05) is 31.2 Å². The first-order valence-electron chi connectivity index (χ1n) is 12.4. The summed E-state index contributed by atoms with van der Waals surface area (Å²) in [5.41, 5.74) is 4.75. The van der Waals surface area contributed by atoms with E-state index in [-0.39, 0.29) is 11.0 Å². The van der Waals surface area contributed by atoms with Gasteiger partial charge in [0.2, 0.25) is 0 Å². The highest BCUT2D eigenvalue weighted by Gasteiger charge is 2.18. The Morgan fingerprint density at radius 1 is 0.857 bits per heavy atom. The van der Waals surface area contributed by atoms with E-state index in [4.69, 9.17) is 4.98 Å². The summed E-state index contributed by atoms with van der Waals surface area (Å²) in [5.74, 6) is 0.607. The average molecular weight is 465 g/mol. The van der Waals surface area contributed by atoms with Crippen molar-refractivity contribution in [1.29, 1.82) is 0 Å². The van der Waals surface area contributed by atoms with Gasteiger partial charge < -0.3 is 4.90 Å². The van der Waals surface area contributed by atoms with Gasteiger partial charge in [-0.05, 0) is 84.3 Å². The van der Waals surface area contributed by atoms with E-state index in [1.165, 1.54) is 24.8 Å². The third kappa shape index (κ3) is 4.90. The second kappa shape index (κ2) is 9.49. The van der Waals surface area contributed by atoms with E-state index >= 15 is 0 Å². The lowest BCUT2D eigenvalue weighted by molar-refractivity contribution is 0.578. The van der Waals surface area contributed by atoms with Crippen LogP contribution in [0.2, 0.25) is 0 Å². The molecule has 1 aliphatic heterocycles. The Labute approximate surface area is 206 Å². The standard InChI is InChI=1S/C30H32N4O/c1-30(2,3)23-8-7-9-25(20-23)34-28(13-10-22-14-16-31-17-15-22)32-27-12-11-24(21-26(27)29(34)35)33-18-5-4-6-19-33/h7-17,20-21H,4-6,18-19H2,1-3H3/b13-10+. The van der Waals surface area contributed by atoms with E-state index in [0.29, 0.717) is 16.7 Å². The van der Waals surface area contributed by atoms with Gasteiger partial charge in [-0.3, -0.25) is 14.3 Å². The number of aromatic nitrogens is 3. The van der Waals surface area contributed by atoms with Crippen LogP contribution in [0.15, 0.2) is 71.8 Å². The van der Waals surface area contributed by atoms with Crippen LogP contribution in [-0.2, 0) is 5.41 Å². The second-order valence-electron chi connectivity index (χ2n) is 10.3. The molecule has 0 radical (unpaired) electrons. The zero-order valence-electron chi connectivity index (χ0n) is 20.7. The fourth-order valence-corrected chi connectivity index (χ4v) is 4.66. The monoisotopic (exact) mass is 464 g/mol. The first kappa shape index (κ1) is 23.0. The maximum Gasteiger partial charge on any atom is 0.266 e. The largest absolute Gasteiger partial charge is 0.372 e. The van der Waals surface area contributed by atoms with Crippen LogP contribution < -0.4 is 10.5 Å². The SMILES string of the molecule is CC(C)(C)c1cccc(-n2c(/C=C/c3ccncc3)nc3ccc(N4CCCCC4)cc3c2=O)c1. The van der Waals surface area contributed by atoms with Crippen LogP contribution >= 0.6 is 0 Å². The summed E-state index contributed by atoms with van der Waals surface area (Å²) in [4.78, 5) is 25.4.